The van der Waals surface area contributed by atoms with Crippen LogP contribution in [-0.2, 0) is 14.3 Å². The number of nitrogens with zero attached hydrogens (tertiary/aromatic N) is 1. The van der Waals surface area contributed by atoms with Crippen LogP contribution in [0.5, 0.6) is 0 Å². The first-order valence-corrected chi connectivity index (χ1v) is 7.80. The Labute approximate surface area is 115 Å². The van der Waals surface area contributed by atoms with E-state index >= 15 is 0 Å². The molecular formula is C14H19NO3S. The van der Waals surface area contributed by atoms with Crippen LogP contribution in [0.3, 0.4) is 0 Å². The van der Waals surface area contributed by atoms with E-state index in [4.69, 9.17) is 9.44 Å². The van der Waals surface area contributed by atoms with Crippen LogP contribution in [-0.4, -0.2) is 14.5 Å². The maximum absolute atomic E-state index is 12.0. The fourth-order valence-corrected chi connectivity index (χ4v) is 2.65. The molecule has 0 aliphatic rings. The lowest BCUT2D eigenvalue weighted by Gasteiger charge is -2.10. The van der Waals surface area contributed by atoms with Gasteiger partial charge >= 0.3 is 0 Å². The zero-order valence-electron chi connectivity index (χ0n) is 11.3. The van der Waals surface area contributed by atoms with Gasteiger partial charge < -0.3 is 0 Å². The molecule has 1 atom stereocenters. The number of hydrogen-bond acceptors (Lipinski definition) is 4. The molecule has 0 aromatic heterocycles. The van der Waals surface area contributed by atoms with Crippen LogP contribution in [0.25, 0.3) is 0 Å². The van der Waals surface area contributed by atoms with Crippen LogP contribution in [0.4, 0.5) is 0 Å². The number of aryl methyl sites for hydroxylation is 1. The third-order valence-electron chi connectivity index (χ3n) is 2.77. The van der Waals surface area contributed by atoms with E-state index < -0.39 is 16.2 Å². The molecule has 0 saturated carbocycles. The highest BCUT2D eigenvalue weighted by molar-refractivity contribution is 7.86. The Kier molecular flexibility index (Phi) is 6.00. The van der Waals surface area contributed by atoms with Crippen molar-refractivity contribution in [2.24, 2.45) is 0 Å². The van der Waals surface area contributed by atoms with Gasteiger partial charge in [0.25, 0.3) is 10.1 Å². The predicted molar refractivity (Wildman–Crippen MR) is 73.0 cm³/mol. The normalized spacial score (nSPS) is 12.9. The molecule has 0 fully saturated rings. The molecule has 0 aliphatic carbocycles. The summed E-state index contributed by atoms with van der Waals surface area (Å²) in [5, 5.41) is 8.94. The minimum absolute atomic E-state index is 0.0915. The number of unbranched alkanes of at least 4 members (excludes halogenated alkanes) is 2. The van der Waals surface area contributed by atoms with Crippen LogP contribution in [0.1, 0.15) is 38.2 Å². The molecule has 4 nitrogen and oxygen atoms in total. The second-order valence-electron chi connectivity index (χ2n) is 4.48. The Bertz CT molecular complexity index is 529. The second-order valence-corrected chi connectivity index (χ2v) is 6.05. The van der Waals surface area contributed by atoms with Gasteiger partial charge in [0.1, 0.15) is 0 Å². The SMILES string of the molecule is CCCCCC(C#N)OS(=O)(=O)c1ccc(C)cc1. The van der Waals surface area contributed by atoms with Gasteiger partial charge in [0.2, 0.25) is 0 Å². The molecule has 0 N–H and O–H groups in total. The highest BCUT2D eigenvalue weighted by Crippen LogP contribution is 2.17. The standard InChI is InChI=1S/C14H19NO3S/c1-3-4-5-6-13(11-15)18-19(16,17)14-9-7-12(2)8-10-14/h7-10,13H,3-6H2,1-2H3. The number of hydrogen-bond donors (Lipinski definition) is 0. The van der Waals surface area contributed by atoms with E-state index in [0.717, 1.165) is 24.8 Å². The topological polar surface area (TPSA) is 67.2 Å². The lowest BCUT2D eigenvalue weighted by Crippen LogP contribution is -2.17. The van der Waals surface area contributed by atoms with Crippen LogP contribution in [0.2, 0.25) is 0 Å². The van der Waals surface area contributed by atoms with Gasteiger partial charge in [-0.3, -0.25) is 0 Å². The molecule has 0 aliphatic heterocycles. The highest BCUT2D eigenvalue weighted by Gasteiger charge is 2.21. The number of nitriles is 1. The van der Waals surface area contributed by atoms with Crippen molar-refractivity contribution in [2.45, 2.75) is 50.5 Å². The molecule has 0 radical (unpaired) electrons. The number of benzene rings is 1. The minimum Gasteiger partial charge on any atom is -0.248 e. The lowest BCUT2D eigenvalue weighted by molar-refractivity contribution is 0.246. The molecule has 19 heavy (non-hydrogen) atoms. The van der Waals surface area contributed by atoms with Gasteiger partial charge in [-0.1, -0.05) is 37.5 Å². The summed E-state index contributed by atoms with van der Waals surface area (Å²) in [7, 11) is -3.85. The van der Waals surface area contributed by atoms with Gasteiger partial charge in [-0.25, -0.2) is 4.18 Å². The van der Waals surface area contributed by atoms with Crippen LogP contribution in [0, 0.1) is 18.3 Å². The van der Waals surface area contributed by atoms with Gasteiger partial charge in [0, 0.05) is 0 Å². The summed E-state index contributed by atoms with van der Waals surface area (Å²) in [4.78, 5) is 0.0915. The third-order valence-corrected chi connectivity index (χ3v) is 4.10. The molecule has 5 heteroatoms. The molecule has 1 aromatic carbocycles. The average Bonchev–Trinajstić information content (AvgIpc) is 2.38. The van der Waals surface area contributed by atoms with Crippen molar-refractivity contribution in [1.82, 2.24) is 0 Å². The van der Waals surface area contributed by atoms with Gasteiger partial charge in [0.05, 0.1) is 11.0 Å². The third kappa shape index (κ3) is 5.01. The fourth-order valence-electron chi connectivity index (χ4n) is 1.63. The van der Waals surface area contributed by atoms with E-state index in [-0.39, 0.29) is 4.90 Å². The van der Waals surface area contributed by atoms with E-state index in [1.807, 2.05) is 19.9 Å². The summed E-state index contributed by atoms with van der Waals surface area (Å²) in [6, 6.07) is 8.29. The smallest absolute Gasteiger partial charge is 0.248 e. The highest BCUT2D eigenvalue weighted by atomic mass is 32.2. The minimum atomic E-state index is -3.85. The van der Waals surface area contributed by atoms with E-state index in [1.54, 1.807) is 12.1 Å². The molecular weight excluding hydrogens is 262 g/mol. The van der Waals surface area contributed by atoms with Gasteiger partial charge in [-0.05, 0) is 31.9 Å². The number of rotatable bonds is 7. The Morgan fingerprint density at radius 2 is 1.89 bits per heavy atom. The van der Waals surface area contributed by atoms with Crippen molar-refractivity contribution in [3.63, 3.8) is 0 Å². The van der Waals surface area contributed by atoms with Crippen molar-refractivity contribution < 1.29 is 12.6 Å². The molecule has 0 bridgehead atoms. The van der Waals surface area contributed by atoms with Crippen LogP contribution < -0.4 is 0 Å². The Morgan fingerprint density at radius 1 is 1.26 bits per heavy atom. The molecule has 0 saturated heterocycles. The quantitative estimate of drug-likeness (QED) is 0.568. The molecule has 1 rings (SSSR count). The van der Waals surface area contributed by atoms with Crippen molar-refractivity contribution in [3.05, 3.63) is 29.8 Å². The fraction of sp³-hybridized carbons (Fsp3) is 0.500. The zero-order valence-corrected chi connectivity index (χ0v) is 12.1. The van der Waals surface area contributed by atoms with Crippen molar-refractivity contribution in [1.29, 1.82) is 5.26 Å². The summed E-state index contributed by atoms with van der Waals surface area (Å²) in [5.41, 5.74) is 0.971. The predicted octanol–water partition coefficient (Wildman–Crippen LogP) is 3.17. The maximum Gasteiger partial charge on any atom is 0.298 e. The molecule has 0 heterocycles. The largest absolute Gasteiger partial charge is 0.298 e. The van der Waals surface area contributed by atoms with Crippen LogP contribution >= 0.6 is 0 Å². The monoisotopic (exact) mass is 281 g/mol. The molecule has 1 unspecified atom stereocenters. The second kappa shape index (κ2) is 7.27. The lowest BCUT2D eigenvalue weighted by atomic mass is 10.1. The molecule has 0 spiro atoms. The zero-order chi connectivity index (χ0) is 14.3. The first-order valence-electron chi connectivity index (χ1n) is 6.39. The maximum atomic E-state index is 12.0. The van der Waals surface area contributed by atoms with E-state index in [0.29, 0.717) is 6.42 Å². The van der Waals surface area contributed by atoms with E-state index in [9.17, 15) is 8.42 Å². The van der Waals surface area contributed by atoms with Crippen molar-refractivity contribution in [2.75, 3.05) is 0 Å². The molecule has 0 amide bonds. The summed E-state index contributed by atoms with van der Waals surface area (Å²) in [5.74, 6) is 0. The average molecular weight is 281 g/mol. The van der Waals surface area contributed by atoms with Crippen molar-refractivity contribution in [3.8, 4) is 6.07 Å². The van der Waals surface area contributed by atoms with Crippen molar-refractivity contribution >= 4 is 10.1 Å². The first-order chi connectivity index (χ1) is 8.99. The van der Waals surface area contributed by atoms with Gasteiger partial charge in [-0.2, -0.15) is 13.7 Å². The summed E-state index contributed by atoms with van der Waals surface area (Å²) in [6.07, 6.45) is 2.31. The Balaban J connectivity index is 2.72. The van der Waals surface area contributed by atoms with E-state index in [2.05, 4.69) is 0 Å². The molecule has 104 valence electrons. The Morgan fingerprint density at radius 3 is 2.42 bits per heavy atom. The van der Waals surface area contributed by atoms with Gasteiger partial charge in [-0.15, -0.1) is 0 Å². The van der Waals surface area contributed by atoms with Gasteiger partial charge in [0.15, 0.2) is 6.10 Å². The summed E-state index contributed by atoms with van der Waals surface area (Å²) >= 11 is 0. The first kappa shape index (κ1) is 15.7. The summed E-state index contributed by atoms with van der Waals surface area (Å²) in [6.45, 7) is 3.92. The molecule has 1 aromatic rings. The van der Waals surface area contributed by atoms with E-state index in [1.165, 1.54) is 12.1 Å². The summed E-state index contributed by atoms with van der Waals surface area (Å²) < 4.78 is 28.9. The Hall–Kier alpha value is -1.38. The van der Waals surface area contributed by atoms with Crippen LogP contribution in [0.15, 0.2) is 29.2 Å².